The van der Waals surface area contributed by atoms with Gasteiger partial charge < -0.3 is 10.1 Å². The van der Waals surface area contributed by atoms with Gasteiger partial charge in [0.25, 0.3) is 5.91 Å². The highest BCUT2D eigenvalue weighted by Crippen LogP contribution is 2.21. The fourth-order valence-electron chi connectivity index (χ4n) is 2.44. The normalized spacial score (nSPS) is 10.4. The van der Waals surface area contributed by atoms with Crippen molar-refractivity contribution in [3.63, 3.8) is 0 Å². The highest BCUT2D eigenvalue weighted by molar-refractivity contribution is 7.03. The number of anilines is 1. The van der Waals surface area contributed by atoms with E-state index in [0.29, 0.717) is 11.4 Å². The average molecular weight is 400 g/mol. The molecular formula is C19H17FN4O3S. The Kier molecular flexibility index (Phi) is 6.28. The van der Waals surface area contributed by atoms with Gasteiger partial charge in [-0.3, -0.25) is 14.5 Å². The Morgan fingerprint density at radius 1 is 1.14 bits per heavy atom. The number of methoxy groups -OCH3 is 1. The molecule has 1 N–H and O–H groups in total. The number of ether oxygens (including phenoxy) is 1. The van der Waals surface area contributed by atoms with Gasteiger partial charge in [0, 0.05) is 17.6 Å². The van der Waals surface area contributed by atoms with Gasteiger partial charge in [-0.2, -0.15) is 0 Å². The first-order valence-corrected chi connectivity index (χ1v) is 9.14. The molecule has 3 aromatic rings. The van der Waals surface area contributed by atoms with Crippen LogP contribution >= 0.6 is 11.5 Å². The molecule has 0 aliphatic carbocycles. The summed E-state index contributed by atoms with van der Waals surface area (Å²) in [6.07, 6.45) is 0. The minimum absolute atomic E-state index is 0.159. The van der Waals surface area contributed by atoms with Crippen LogP contribution in [0, 0.1) is 5.82 Å². The number of nitrogens with one attached hydrogen (secondary N) is 1. The third kappa shape index (κ3) is 4.89. The zero-order valence-corrected chi connectivity index (χ0v) is 15.8. The first-order valence-electron chi connectivity index (χ1n) is 8.31. The van der Waals surface area contributed by atoms with Crippen molar-refractivity contribution in [2.75, 3.05) is 18.6 Å². The Balaban J connectivity index is 1.73. The molecule has 0 bridgehead atoms. The fourth-order valence-corrected chi connectivity index (χ4v) is 2.87. The van der Waals surface area contributed by atoms with Gasteiger partial charge in [0.05, 0.1) is 7.11 Å². The highest BCUT2D eigenvalue weighted by atomic mass is 32.1. The summed E-state index contributed by atoms with van der Waals surface area (Å²) in [4.78, 5) is 26.5. The third-order valence-electron chi connectivity index (χ3n) is 3.91. The molecule has 1 aromatic heterocycles. The van der Waals surface area contributed by atoms with E-state index < -0.39 is 5.91 Å². The van der Waals surface area contributed by atoms with Gasteiger partial charge in [-0.05, 0) is 53.5 Å². The number of benzene rings is 2. The van der Waals surface area contributed by atoms with Gasteiger partial charge in [0.1, 0.15) is 18.1 Å². The van der Waals surface area contributed by atoms with Crippen LogP contribution in [0.3, 0.4) is 0 Å². The molecular weight excluding hydrogens is 383 g/mol. The van der Waals surface area contributed by atoms with Gasteiger partial charge >= 0.3 is 0 Å². The number of halogens is 1. The smallest absolute Gasteiger partial charge is 0.280 e. The topological polar surface area (TPSA) is 84.4 Å². The van der Waals surface area contributed by atoms with E-state index in [4.69, 9.17) is 4.74 Å². The van der Waals surface area contributed by atoms with E-state index in [1.54, 1.807) is 43.5 Å². The zero-order valence-electron chi connectivity index (χ0n) is 15.0. The molecule has 3 rings (SSSR count). The Labute approximate surface area is 164 Å². The van der Waals surface area contributed by atoms with Crippen LogP contribution < -0.4 is 15.0 Å². The van der Waals surface area contributed by atoms with E-state index in [2.05, 4.69) is 14.9 Å². The van der Waals surface area contributed by atoms with Crippen LogP contribution in [-0.2, 0) is 11.3 Å². The monoisotopic (exact) mass is 400 g/mol. The summed E-state index contributed by atoms with van der Waals surface area (Å²) in [5, 5.41) is 8.04. The number of carbonyl (C=O) groups excluding carboxylic acids is 2. The lowest BCUT2D eigenvalue weighted by molar-refractivity contribution is -0.119. The standard InChI is InChI=1S/C19H17FN4O3S/c1-27-16-8-6-15(7-9-16)24(19(26)17-12-28-23-22-17)11-18(25)21-10-13-2-4-14(20)5-3-13/h2-9,12H,10-11H2,1H3,(H,21,25). The van der Waals surface area contributed by atoms with Crippen molar-refractivity contribution in [3.05, 3.63) is 71.0 Å². The lowest BCUT2D eigenvalue weighted by Gasteiger charge is -2.21. The summed E-state index contributed by atoms with van der Waals surface area (Å²) in [5.74, 6) is -0.511. The average Bonchev–Trinajstić information content (AvgIpc) is 3.26. The van der Waals surface area contributed by atoms with Crippen LogP contribution in [0.2, 0.25) is 0 Å². The number of nitrogens with zero attached hydrogens (tertiary/aromatic N) is 3. The summed E-state index contributed by atoms with van der Waals surface area (Å²) < 4.78 is 21.8. The first-order chi connectivity index (χ1) is 13.6. The SMILES string of the molecule is COc1ccc(N(CC(=O)NCc2ccc(F)cc2)C(=O)c2csnn2)cc1. The predicted molar refractivity (Wildman–Crippen MR) is 103 cm³/mol. The van der Waals surface area contributed by atoms with Crippen molar-refractivity contribution in [3.8, 4) is 5.75 Å². The van der Waals surface area contributed by atoms with E-state index in [1.807, 2.05) is 0 Å². The van der Waals surface area contributed by atoms with Crippen molar-refractivity contribution in [1.82, 2.24) is 14.9 Å². The Morgan fingerprint density at radius 2 is 1.86 bits per heavy atom. The third-order valence-corrected chi connectivity index (χ3v) is 4.42. The van der Waals surface area contributed by atoms with Crippen LogP contribution in [0.25, 0.3) is 0 Å². The van der Waals surface area contributed by atoms with Gasteiger partial charge in [-0.15, -0.1) is 5.10 Å². The molecule has 28 heavy (non-hydrogen) atoms. The molecule has 144 valence electrons. The maximum absolute atomic E-state index is 13.0. The van der Waals surface area contributed by atoms with Crippen LogP contribution in [0.1, 0.15) is 16.1 Å². The van der Waals surface area contributed by atoms with Crippen molar-refractivity contribution in [2.45, 2.75) is 6.54 Å². The molecule has 7 nitrogen and oxygen atoms in total. The lowest BCUT2D eigenvalue weighted by atomic mass is 10.2. The minimum atomic E-state index is -0.434. The van der Waals surface area contributed by atoms with Gasteiger partial charge in [-0.1, -0.05) is 16.6 Å². The number of rotatable bonds is 7. The van der Waals surface area contributed by atoms with Crippen LogP contribution in [-0.4, -0.2) is 35.1 Å². The largest absolute Gasteiger partial charge is 0.497 e. The molecule has 2 amide bonds. The Bertz CT molecular complexity index is 931. The molecule has 0 spiro atoms. The van der Waals surface area contributed by atoms with E-state index in [1.165, 1.54) is 22.4 Å². The number of amides is 2. The molecule has 0 aliphatic heterocycles. The van der Waals surface area contributed by atoms with Gasteiger partial charge in [0.2, 0.25) is 5.91 Å². The molecule has 0 radical (unpaired) electrons. The summed E-state index contributed by atoms with van der Waals surface area (Å²) in [5.41, 5.74) is 1.43. The summed E-state index contributed by atoms with van der Waals surface area (Å²) in [7, 11) is 1.54. The van der Waals surface area contributed by atoms with Crippen LogP contribution in [0.15, 0.2) is 53.9 Å². The number of aromatic nitrogens is 2. The van der Waals surface area contributed by atoms with Crippen molar-refractivity contribution in [2.24, 2.45) is 0 Å². The first kappa shape index (κ1) is 19.4. The number of hydrogen-bond acceptors (Lipinski definition) is 6. The highest BCUT2D eigenvalue weighted by Gasteiger charge is 2.22. The van der Waals surface area contributed by atoms with Crippen LogP contribution in [0.4, 0.5) is 10.1 Å². The second-order valence-electron chi connectivity index (χ2n) is 5.78. The molecule has 0 saturated carbocycles. The zero-order chi connectivity index (χ0) is 19.9. The van der Waals surface area contributed by atoms with Gasteiger partial charge in [-0.25, -0.2) is 4.39 Å². The summed E-state index contributed by atoms with van der Waals surface area (Å²) in [6.45, 7) is 0.0197. The fraction of sp³-hybridized carbons (Fsp3) is 0.158. The molecule has 0 atom stereocenters. The maximum atomic E-state index is 13.0. The van der Waals surface area contributed by atoms with Crippen molar-refractivity contribution >= 4 is 29.0 Å². The molecule has 2 aromatic carbocycles. The molecule has 9 heteroatoms. The van der Waals surface area contributed by atoms with Crippen molar-refractivity contribution in [1.29, 1.82) is 0 Å². The quantitative estimate of drug-likeness (QED) is 0.659. The van der Waals surface area contributed by atoms with Crippen LogP contribution in [0.5, 0.6) is 5.75 Å². The molecule has 0 saturated heterocycles. The number of hydrogen-bond donors (Lipinski definition) is 1. The van der Waals surface area contributed by atoms with E-state index in [0.717, 1.165) is 17.1 Å². The predicted octanol–water partition coefficient (Wildman–Crippen LogP) is 2.65. The summed E-state index contributed by atoms with van der Waals surface area (Å²) in [6, 6.07) is 12.6. The molecule has 0 aliphatic rings. The van der Waals surface area contributed by atoms with E-state index in [9.17, 15) is 14.0 Å². The molecule has 0 fully saturated rings. The lowest BCUT2D eigenvalue weighted by Crippen LogP contribution is -2.40. The van der Waals surface area contributed by atoms with E-state index >= 15 is 0 Å². The molecule has 1 heterocycles. The number of carbonyl (C=O) groups is 2. The Hall–Kier alpha value is -3.33. The minimum Gasteiger partial charge on any atom is -0.497 e. The Morgan fingerprint density at radius 3 is 2.46 bits per heavy atom. The van der Waals surface area contributed by atoms with Crippen molar-refractivity contribution < 1.29 is 18.7 Å². The van der Waals surface area contributed by atoms with E-state index in [-0.39, 0.29) is 30.5 Å². The van der Waals surface area contributed by atoms with Gasteiger partial charge in [0.15, 0.2) is 5.69 Å². The second kappa shape index (κ2) is 9.05. The summed E-state index contributed by atoms with van der Waals surface area (Å²) >= 11 is 1.05. The molecule has 0 unspecified atom stereocenters. The maximum Gasteiger partial charge on any atom is 0.280 e. The second-order valence-corrected chi connectivity index (χ2v) is 6.39.